The van der Waals surface area contributed by atoms with Crippen LogP contribution in [0, 0.1) is 11.3 Å². The van der Waals surface area contributed by atoms with E-state index in [1.165, 1.54) is 15.3 Å². The van der Waals surface area contributed by atoms with Crippen molar-refractivity contribution in [3.8, 4) is 16.5 Å². The zero-order chi connectivity index (χ0) is 17.9. The van der Waals surface area contributed by atoms with Crippen molar-refractivity contribution in [2.75, 3.05) is 5.75 Å². The molecule has 1 unspecified atom stereocenters. The molecule has 0 fully saturated rings. The van der Waals surface area contributed by atoms with Crippen LogP contribution < -0.4 is 5.73 Å². The Balaban J connectivity index is 0.000000880. The van der Waals surface area contributed by atoms with Crippen LogP contribution in [-0.4, -0.2) is 15.9 Å². The number of nitriles is 1. The van der Waals surface area contributed by atoms with E-state index in [1.54, 1.807) is 18.0 Å². The van der Waals surface area contributed by atoms with E-state index < -0.39 is 0 Å². The molecule has 0 bridgehead atoms. The van der Waals surface area contributed by atoms with Crippen molar-refractivity contribution in [1.29, 1.82) is 5.26 Å². The molecule has 2 aromatic rings. The summed E-state index contributed by atoms with van der Waals surface area (Å²) >= 11 is 3.46. The third-order valence-electron chi connectivity index (χ3n) is 4.55. The maximum Gasteiger partial charge on any atom is 0.154 e. The second-order valence-corrected chi connectivity index (χ2v) is 8.21. The molecule has 2 aromatic heterocycles. The van der Waals surface area contributed by atoms with Crippen LogP contribution in [0.1, 0.15) is 49.1 Å². The molecule has 2 aliphatic rings. The van der Waals surface area contributed by atoms with E-state index in [2.05, 4.69) is 17.1 Å². The molecular weight excluding hydrogens is 348 g/mol. The molecule has 0 saturated carbocycles. The van der Waals surface area contributed by atoms with Gasteiger partial charge < -0.3 is 5.73 Å². The van der Waals surface area contributed by atoms with Crippen molar-refractivity contribution < 1.29 is 0 Å². The number of nitrogens with zero attached hydrogens (tertiary/aromatic N) is 3. The largest absolute Gasteiger partial charge is 0.379 e. The smallest absolute Gasteiger partial charge is 0.154 e. The first kappa shape index (κ1) is 18.0. The van der Waals surface area contributed by atoms with Gasteiger partial charge >= 0.3 is 0 Å². The van der Waals surface area contributed by atoms with Crippen LogP contribution in [-0.2, 0) is 12.0 Å². The molecule has 0 saturated heterocycles. The number of pyridine rings is 1. The topological polar surface area (TPSA) is 75.1 Å². The fourth-order valence-electron chi connectivity index (χ4n) is 3.46. The zero-order valence-corrected chi connectivity index (χ0v) is 16.2. The molecule has 1 aliphatic heterocycles. The monoisotopic (exact) mass is 370 g/mol. The molecule has 1 spiro atoms. The van der Waals surface area contributed by atoms with Gasteiger partial charge in [-0.1, -0.05) is 25.6 Å². The molecule has 2 N–H and O–H groups in total. The minimum Gasteiger partial charge on any atom is -0.379 e. The summed E-state index contributed by atoms with van der Waals surface area (Å²) in [6.45, 7) is 4.00. The molecule has 130 valence electrons. The molecule has 0 aromatic carbocycles. The lowest BCUT2D eigenvalue weighted by molar-refractivity contribution is 0.368. The zero-order valence-electron chi connectivity index (χ0n) is 14.6. The molecule has 0 radical (unpaired) electrons. The summed E-state index contributed by atoms with van der Waals surface area (Å²) < 4.78 is 0. The quantitative estimate of drug-likeness (QED) is 0.790. The molecule has 25 heavy (non-hydrogen) atoms. The molecule has 1 aliphatic carbocycles. The van der Waals surface area contributed by atoms with E-state index in [4.69, 9.17) is 16.0 Å². The number of rotatable bonds is 1. The minimum absolute atomic E-state index is 0.127. The first-order chi connectivity index (χ1) is 12.2. The number of aromatic nitrogens is 1. The maximum atomic E-state index is 9.08. The molecule has 6 heteroatoms. The lowest BCUT2D eigenvalue weighted by Gasteiger charge is -2.36. The Morgan fingerprint density at radius 3 is 2.84 bits per heavy atom. The van der Waals surface area contributed by atoms with Crippen LogP contribution in [0.3, 0.4) is 0 Å². The third kappa shape index (κ3) is 3.44. The Morgan fingerprint density at radius 1 is 1.24 bits per heavy atom. The van der Waals surface area contributed by atoms with E-state index in [9.17, 15) is 0 Å². The van der Waals surface area contributed by atoms with Crippen LogP contribution in [0.15, 0.2) is 29.5 Å². The van der Waals surface area contributed by atoms with Crippen molar-refractivity contribution in [2.45, 2.75) is 45.1 Å². The molecular formula is C19H22N4S2. The van der Waals surface area contributed by atoms with E-state index in [0.29, 0.717) is 10.7 Å². The normalized spacial score (nSPS) is 21.6. The summed E-state index contributed by atoms with van der Waals surface area (Å²) in [4.78, 5) is 11.6. The van der Waals surface area contributed by atoms with Crippen LogP contribution >= 0.6 is 23.1 Å². The molecule has 1 atom stereocenters. The summed E-state index contributed by atoms with van der Waals surface area (Å²) in [5, 5.41) is 9.79. The van der Waals surface area contributed by atoms with Gasteiger partial charge in [0.1, 0.15) is 6.07 Å². The fourth-order valence-corrected chi connectivity index (χ4v) is 5.63. The number of hydrogen-bond acceptors (Lipinski definition) is 6. The summed E-state index contributed by atoms with van der Waals surface area (Å²) in [5.74, 6) is 1.03. The molecule has 3 heterocycles. The average molecular weight is 371 g/mol. The van der Waals surface area contributed by atoms with E-state index in [-0.39, 0.29) is 5.54 Å². The number of fused-ring (bicyclic) bond motifs is 2. The predicted octanol–water partition coefficient (Wildman–Crippen LogP) is 4.69. The Hall–Kier alpha value is -1.84. The summed E-state index contributed by atoms with van der Waals surface area (Å²) in [7, 11) is 0. The Kier molecular flexibility index (Phi) is 5.45. The highest BCUT2D eigenvalue weighted by Gasteiger charge is 2.39. The second kappa shape index (κ2) is 7.59. The first-order valence-electron chi connectivity index (χ1n) is 8.67. The number of aliphatic imine (C=N–C) groups is 1. The summed E-state index contributed by atoms with van der Waals surface area (Å²) in [6.07, 6.45) is 7.83. The Labute approximate surface area is 157 Å². The number of thiophene rings is 1. The average Bonchev–Trinajstić information content (AvgIpc) is 3.10. The van der Waals surface area contributed by atoms with Crippen molar-refractivity contribution in [1.82, 2.24) is 4.98 Å². The second-order valence-electron chi connectivity index (χ2n) is 5.96. The van der Waals surface area contributed by atoms with Gasteiger partial charge in [-0.15, -0.1) is 11.3 Å². The number of aryl methyl sites for hydroxylation is 1. The SMILES string of the molecule is CC.N#Cc1cncc(-c2cc3c(s2)CCCC32CCSC(N)=N2)c1. The van der Waals surface area contributed by atoms with Crippen LogP contribution in [0.25, 0.3) is 10.4 Å². The van der Waals surface area contributed by atoms with Crippen LogP contribution in [0.2, 0.25) is 0 Å². The minimum atomic E-state index is -0.127. The summed E-state index contributed by atoms with van der Waals surface area (Å²) in [6, 6.07) is 6.32. The van der Waals surface area contributed by atoms with E-state index >= 15 is 0 Å². The van der Waals surface area contributed by atoms with Gasteiger partial charge in [-0.2, -0.15) is 5.26 Å². The molecule has 4 rings (SSSR count). The predicted molar refractivity (Wildman–Crippen MR) is 107 cm³/mol. The van der Waals surface area contributed by atoms with Gasteiger partial charge in [0.25, 0.3) is 0 Å². The highest BCUT2D eigenvalue weighted by molar-refractivity contribution is 8.13. The molecule has 4 nitrogen and oxygen atoms in total. The maximum absolute atomic E-state index is 9.08. The lowest BCUT2D eigenvalue weighted by atomic mass is 9.78. The first-order valence-corrected chi connectivity index (χ1v) is 10.5. The van der Waals surface area contributed by atoms with Gasteiger partial charge in [-0.25, -0.2) is 0 Å². The van der Waals surface area contributed by atoms with Crippen molar-refractivity contribution >= 4 is 28.3 Å². The Bertz CT molecular complexity index is 834. The fraction of sp³-hybridized carbons (Fsp3) is 0.421. The number of hydrogen-bond donors (Lipinski definition) is 1. The van der Waals surface area contributed by atoms with Crippen LogP contribution in [0.4, 0.5) is 0 Å². The van der Waals surface area contributed by atoms with Crippen molar-refractivity contribution in [3.05, 3.63) is 40.5 Å². The number of amidine groups is 1. The van der Waals surface area contributed by atoms with Gasteiger partial charge in [0, 0.05) is 33.5 Å². The molecule has 0 amide bonds. The van der Waals surface area contributed by atoms with Gasteiger partial charge in [-0.05, 0) is 43.4 Å². The third-order valence-corrected chi connectivity index (χ3v) is 6.59. The van der Waals surface area contributed by atoms with E-state index in [1.807, 2.05) is 37.4 Å². The van der Waals surface area contributed by atoms with Crippen molar-refractivity contribution in [2.24, 2.45) is 10.7 Å². The van der Waals surface area contributed by atoms with Crippen molar-refractivity contribution in [3.63, 3.8) is 0 Å². The lowest BCUT2D eigenvalue weighted by Crippen LogP contribution is -2.34. The highest BCUT2D eigenvalue weighted by Crippen LogP contribution is 2.48. The van der Waals surface area contributed by atoms with Gasteiger partial charge in [0.05, 0.1) is 11.1 Å². The van der Waals surface area contributed by atoms with E-state index in [0.717, 1.165) is 37.0 Å². The number of thioether (sulfide) groups is 1. The standard InChI is InChI=1S/C17H16N4S2.C2H6/c18-8-11-6-12(10-20-9-11)15-7-13-14(23-15)2-1-3-17(13)4-5-22-16(19)21-17;1-2/h6-7,9-10H,1-5H2,(H2,19,21);1-2H3. The van der Waals surface area contributed by atoms with Crippen LogP contribution in [0.5, 0.6) is 0 Å². The van der Waals surface area contributed by atoms with Gasteiger partial charge in [0.2, 0.25) is 0 Å². The van der Waals surface area contributed by atoms with Gasteiger partial charge in [0.15, 0.2) is 5.17 Å². The summed E-state index contributed by atoms with van der Waals surface area (Å²) in [5.41, 5.74) is 8.85. The highest BCUT2D eigenvalue weighted by atomic mass is 32.2. The number of nitrogens with two attached hydrogens (primary N) is 1. The van der Waals surface area contributed by atoms with Gasteiger partial charge in [-0.3, -0.25) is 9.98 Å². The Morgan fingerprint density at radius 2 is 2.08 bits per heavy atom.